The van der Waals surface area contributed by atoms with Crippen LogP contribution in [-0.4, -0.2) is 46.8 Å². The number of halogens is 2. The van der Waals surface area contributed by atoms with E-state index in [4.69, 9.17) is 4.42 Å². The second-order valence-corrected chi connectivity index (χ2v) is 8.56. The summed E-state index contributed by atoms with van der Waals surface area (Å²) in [4.78, 5) is 18.3. The highest BCUT2D eigenvalue weighted by Gasteiger charge is 2.44. The van der Waals surface area contributed by atoms with Gasteiger partial charge in [0.1, 0.15) is 12.1 Å². The maximum absolute atomic E-state index is 12.6. The molecule has 4 aromatic rings. The number of rotatable bonds is 5. The van der Waals surface area contributed by atoms with Gasteiger partial charge >= 0.3 is 6.43 Å². The molecule has 2 N–H and O–H groups in total. The van der Waals surface area contributed by atoms with Crippen LogP contribution in [0, 0.1) is 0 Å². The molecule has 11 nitrogen and oxygen atoms in total. The van der Waals surface area contributed by atoms with Gasteiger partial charge in [-0.15, -0.1) is 20.4 Å². The first-order valence-corrected chi connectivity index (χ1v) is 11.1. The van der Waals surface area contributed by atoms with E-state index in [0.717, 1.165) is 42.6 Å². The van der Waals surface area contributed by atoms with Gasteiger partial charge in [0.25, 0.3) is 5.89 Å². The molecule has 6 rings (SSSR count). The number of aromatic nitrogens is 7. The number of tetrazole rings is 1. The molecule has 178 valence electrons. The van der Waals surface area contributed by atoms with E-state index in [-0.39, 0.29) is 18.3 Å². The molecule has 0 radical (unpaired) electrons. The lowest BCUT2D eigenvalue weighted by molar-refractivity contribution is -0.120. The number of amides is 1. The van der Waals surface area contributed by atoms with Gasteiger partial charge in [-0.3, -0.25) is 9.78 Å². The Morgan fingerprint density at radius 2 is 1.89 bits per heavy atom. The molecule has 0 bridgehead atoms. The third-order valence-corrected chi connectivity index (χ3v) is 6.25. The van der Waals surface area contributed by atoms with Crippen LogP contribution in [-0.2, 0) is 11.3 Å². The van der Waals surface area contributed by atoms with Crippen LogP contribution in [0.25, 0.3) is 22.8 Å². The second-order valence-electron chi connectivity index (χ2n) is 8.56. The number of fused-ring (bicyclic) bond motifs is 1. The Bertz CT molecular complexity index is 1390. The van der Waals surface area contributed by atoms with Crippen molar-refractivity contribution in [3.05, 3.63) is 48.1 Å². The van der Waals surface area contributed by atoms with E-state index in [2.05, 4.69) is 41.2 Å². The summed E-state index contributed by atoms with van der Waals surface area (Å²) >= 11 is 0. The first-order chi connectivity index (χ1) is 17.0. The fourth-order valence-electron chi connectivity index (χ4n) is 4.44. The van der Waals surface area contributed by atoms with Crippen LogP contribution in [0.5, 0.6) is 0 Å². The summed E-state index contributed by atoms with van der Waals surface area (Å²) in [6.07, 6.45) is 2.28. The molecule has 0 unspecified atom stereocenters. The van der Waals surface area contributed by atoms with Gasteiger partial charge in [0, 0.05) is 11.8 Å². The van der Waals surface area contributed by atoms with Crippen LogP contribution in [0.3, 0.4) is 0 Å². The molecule has 1 aliphatic heterocycles. The minimum atomic E-state index is -2.83. The Balaban J connectivity index is 1.18. The summed E-state index contributed by atoms with van der Waals surface area (Å²) in [6, 6.07) is 8.92. The lowest BCUT2D eigenvalue weighted by atomic mass is 9.92. The van der Waals surface area contributed by atoms with Crippen molar-refractivity contribution in [2.75, 3.05) is 10.6 Å². The highest BCUT2D eigenvalue weighted by molar-refractivity contribution is 6.06. The molecule has 2 aliphatic rings. The largest absolute Gasteiger partial charge is 0.415 e. The number of pyridine rings is 1. The zero-order chi connectivity index (χ0) is 24.0. The average molecular weight is 479 g/mol. The highest BCUT2D eigenvalue weighted by Crippen LogP contribution is 2.41. The SMILES string of the molecule is O=C1Nc2ccc(-c3nnn(Cc4ccc(-c5nnc(C(F)F)o5)cn4)n3)cc2NC12CCCC2. The summed E-state index contributed by atoms with van der Waals surface area (Å²) in [5, 5.41) is 26.1. The molecule has 3 aromatic heterocycles. The van der Waals surface area contributed by atoms with Gasteiger partial charge in [0.05, 0.1) is 22.6 Å². The molecule has 1 saturated carbocycles. The quantitative estimate of drug-likeness (QED) is 0.441. The van der Waals surface area contributed by atoms with Crippen molar-refractivity contribution in [1.29, 1.82) is 0 Å². The third kappa shape index (κ3) is 3.88. The Morgan fingerprint density at radius 1 is 1.06 bits per heavy atom. The van der Waals surface area contributed by atoms with Gasteiger partial charge < -0.3 is 15.1 Å². The number of alkyl halides is 2. The number of benzene rings is 1. The summed E-state index contributed by atoms with van der Waals surface area (Å²) in [5.41, 5.74) is 2.85. The van der Waals surface area contributed by atoms with Gasteiger partial charge in [-0.1, -0.05) is 12.8 Å². The number of anilines is 2. The fraction of sp³-hybridized carbons (Fsp3) is 0.318. The molecule has 4 heterocycles. The topological polar surface area (TPSA) is 137 Å². The fourth-order valence-corrected chi connectivity index (χ4v) is 4.44. The summed E-state index contributed by atoms with van der Waals surface area (Å²) in [5.74, 6) is -0.306. The van der Waals surface area contributed by atoms with Gasteiger partial charge in [0.2, 0.25) is 17.6 Å². The lowest BCUT2D eigenvalue weighted by Gasteiger charge is -2.35. The van der Waals surface area contributed by atoms with Gasteiger partial charge in [-0.25, -0.2) is 0 Å². The molecule has 1 fully saturated rings. The van der Waals surface area contributed by atoms with Crippen molar-refractivity contribution in [2.45, 2.75) is 44.2 Å². The predicted molar refractivity (Wildman–Crippen MR) is 118 cm³/mol. The van der Waals surface area contributed by atoms with E-state index in [9.17, 15) is 13.6 Å². The zero-order valence-corrected chi connectivity index (χ0v) is 18.3. The van der Waals surface area contributed by atoms with E-state index in [1.807, 2.05) is 18.2 Å². The van der Waals surface area contributed by atoms with Crippen molar-refractivity contribution in [1.82, 2.24) is 35.4 Å². The van der Waals surface area contributed by atoms with E-state index in [1.54, 1.807) is 12.1 Å². The van der Waals surface area contributed by atoms with E-state index in [0.29, 0.717) is 17.1 Å². The average Bonchev–Trinajstić information content (AvgIpc) is 3.62. The molecule has 0 atom stereocenters. The van der Waals surface area contributed by atoms with Crippen molar-refractivity contribution >= 4 is 17.3 Å². The number of hydrogen-bond acceptors (Lipinski definition) is 9. The van der Waals surface area contributed by atoms with Crippen LogP contribution < -0.4 is 10.6 Å². The Morgan fingerprint density at radius 3 is 2.63 bits per heavy atom. The van der Waals surface area contributed by atoms with Crippen LogP contribution in [0.1, 0.15) is 43.7 Å². The molecule has 1 aromatic carbocycles. The van der Waals surface area contributed by atoms with Crippen molar-refractivity contribution in [3.63, 3.8) is 0 Å². The Labute approximate surface area is 197 Å². The molecule has 13 heteroatoms. The maximum atomic E-state index is 12.6. The van der Waals surface area contributed by atoms with Gasteiger partial charge in [0.15, 0.2) is 0 Å². The van der Waals surface area contributed by atoms with Crippen molar-refractivity contribution in [3.8, 4) is 22.8 Å². The number of carbonyl (C=O) groups is 1. The van der Waals surface area contributed by atoms with Gasteiger partial charge in [-0.05, 0) is 48.4 Å². The molecule has 1 aliphatic carbocycles. The van der Waals surface area contributed by atoms with E-state index < -0.39 is 17.9 Å². The minimum absolute atomic E-state index is 0.0198. The molecule has 0 saturated heterocycles. The molecular weight excluding hydrogens is 460 g/mol. The summed E-state index contributed by atoms with van der Waals surface area (Å²) in [6.45, 7) is 0.252. The van der Waals surface area contributed by atoms with Crippen LogP contribution >= 0.6 is 0 Å². The number of hydrogen-bond donors (Lipinski definition) is 2. The Hall–Kier alpha value is -4.29. The zero-order valence-electron chi connectivity index (χ0n) is 18.3. The molecule has 35 heavy (non-hydrogen) atoms. The molecule has 1 amide bonds. The number of carbonyl (C=O) groups excluding carboxylic acids is 1. The van der Waals surface area contributed by atoms with Gasteiger partial charge in [-0.2, -0.15) is 13.6 Å². The monoisotopic (exact) mass is 479 g/mol. The van der Waals surface area contributed by atoms with Crippen molar-refractivity contribution in [2.24, 2.45) is 0 Å². The highest BCUT2D eigenvalue weighted by atomic mass is 19.3. The molecular formula is C22H19F2N9O2. The minimum Gasteiger partial charge on any atom is -0.415 e. The summed E-state index contributed by atoms with van der Waals surface area (Å²) in [7, 11) is 0. The second kappa shape index (κ2) is 8.18. The third-order valence-electron chi connectivity index (χ3n) is 6.25. The number of nitrogens with zero attached hydrogens (tertiary/aromatic N) is 7. The Kier molecular flexibility index (Phi) is 4.97. The summed E-state index contributed by atoms with van der Waals surface area (Å²) < 4.78 is 30.2. The maximum Gasteiger partial charge on any atom is 0.314 e. The van der Waals surface area contributed by atoms with Crippen LogP contribution in [0.4, 0.5) is 20.2 Å². The van der Waals surface area contributed by atoms with E-state index in [1.165, 1.54) is 11.0 Å². The van der Waals surface area contributed by atoms with Crippen LogP contribution in [0.2, 0.25) is 0 Å². The molecule has 1 spiro atoms. The lowest BCUT2D eigenvalue weighted by Crippen LogP contribution is -2.50. The predicted octanol–water partition coefficient (Wildman–Crippen LogP) is 3.45. The number of nitrogens with one attached hydrogen (secondary N) is 2. The first-order valence-electron chi connectivity index (χ1n) is 11.1. The first kappa shape index (κ1) is 21.3. The normalized spacial score (nSPS) is 16.4. The van der Waals surface area contributed by atoms with Crippen molar-refractivity contribution < 1.29 is 18.0 Å². The van der Waals surface area contributed by atoms with Crippen LogP contribution in [0.15, 0.2) is 40.9 Å². The van der Waals surface area contributed by atoms with E-state index >= 15 is 0 Å². The standard InChI is InChI=1S/C22H19F2N9O2/c23-17(24)20-30-29-19(35-20)13-3-5-14(25-10-13)11-33-31-18(28-32-33)12-4-6-15-16(9-12)27-22(21(34)26-15)7-1-2-8-22/h3-6,9-10,17,27H,1-2,7-8,11H2,(H,26,34). The smallest absolute Gasteiger partial charge is 0.314 e.